The lowest BCUT2D eigenvalue weighted by atomic mass is 10.5. The summed E-state index contributed by atoms with van der Waals surface area (Å²) in [5, 5.41) is 1.15. The Kier molecular flexibility index (Phi) is 13.4. The number of aromatic nitrogens is 1. The van der Waals surface area contributed by atoms with Crippen molar-refractivity contribution >= 4 is 5.91 Å². The predicted octanol–water partition coefficient (Wildman–Crippen LogP) is 2.13. The van der Waals surface area contributed by atoms with Gasteiger partial charge in [-0.05, 0) is 12.1 Å². The maximum Gasteiger partial charge on any atom is 0.242 e. The van der Waals surface area contributed by atoms with Gasteiger partial charge < -0.3 is 0 Å². The molecule has 86 valence electrons. The van der Waals surface area contributed by atoms with Crippen LogP contribution in [0.25, 0.3) is 0 Å². The quantitative estimate of drug-likeness (QED) is 0.670. The molecule has 1 aromatic heterocycles. The van der Waals surface area contributed by atoms with Crippen molar-refractivity contribution in [1.29, 1.82) is 0 Å². The number of pyridine rings is 1. The second-order valence-corrected chi connectivity index (χ2v) is 2.22. The van der Waals surface area contributed by atoms with Gasteiger partial charge in [-0.15, -0.1) is 0 Å². The summed E-state index contributed by atoms with van der Waals surface area (Å²) in [5.74, 6) is -0.0949. The van der Waals surface area contributed by atoms with E-state index in [4.69, 9.17) is 0 Å². The molecule has 4 nitrogen and oxygen atoms in total. The molecule has 0 spiro atoms. The van der Waals surface area contributed by atoms with Crippen LogP contribution in [0.15, 0.2) is 30.6 Å². The van der Waals surface area contributed by atoms with E-state index in [1.807, 2.05) is 32.0 Å². The minimum Gasteiger partial charge on any atom is -0.275 e. The number of hydroxylamine groups is 2. The highest BCUT2D eigenvalue weighted by Crippen LogP contribution is 1.78. The lowest BCUT2D eigenvalue weighted by molar-refractivity contribution is -0.165. The first-order valence-corrected chi connectivity index (χ1v) is 4.82. The van der Waals surface area contributed by atoms with E-state index in [9.17, 15) is 4.79 Å². The SMILES string of the molecule is CC.CON(C)C(C)=O.c1ccncc1. The minimum atomic E-state index is -0.0949. The van der Waals surface area contributed by atoms with E-state index < -0.39 is 0 Å². The molecule has 1 amide bonds. The summed E-state index contributed by atoms with van der Waals surface area (Å²) in [6.45, 7) is 5.43. The van der Waals surface area contributed by atoms with Crippen molar-refractivity contribution in [3.63, 3.8) is 0 Å². The van der Waals surface area contributed by atoms with Gasteiger partial charge in [-0.1, -0.05) is 19.9 Å². The van der Waals surface area contributed by atoms with Gasteiger partial charge >= 0.3 is 0 Å². The van der Waals surface area contributed by atoms with Crippen molar-refractivity contribution in [2.75, 3.05) is 14.2 Å². The van der Waals surface area contributed by atoms with Gasteiger partial charge in [0.25, 0.3) is 0 Å². The Morgan fingerprint density at radius 2 is 1.67 bits per heavy atom. The standard InChI is InChI=1S/C5H5N.C4H9NO2.C2H6/c1-2-4-6-5-3-1;1-4(6)5(2)7-3;1-2/h1-5H;1-3H3;1-2H3. The summed E-state index contributed by atoms with van der Waals surface area (Å²) in [4.78, 5) is 18.5. The Labute approximate surface area is 91.8 Å². The molecule has 15 heavy (non-hydrogen) atoms. The largest absolute Gasteiger partial charge is 0.275 e. The summed E-state index contributed by atoms with van der Waals surface area (Å²) in [6.07, 6.45) is 3.50. The topological polar surface area (TPSA) is 42.4 Å². The second-order valence-electron chi connectivity index (χ2n) is 2.22. The van der Waals surface area contributed by atoms with E-state index >= 15 is 0 Å². The van der Waals surface area contributed by atoms with E-state index in [1.54, 1.807) is 19.4 Å². The number of hydrogen-bond acceptors (Lipinski definition) is 3. The number of rotatable bonds is 1. The van der Waals surface area contributed by atoms with Crippen LogP contribution < -0.4 is 0 Å². The van der Waals surface area contributed by atoms with Crippen LogP contribution in [0.1, 0.15) is 20.8 Å². The third kappa shape index (κ3) is 12.6. The predicted molar refractivity (Wildman–Crippen MR) is 61.0 cm³/mol. The zero-order chi connectivity index (χ0) is 12.1. The zero-order valence-electron chi connectivity index (χ0n) is 10.1. The van der Waals surface area contributed by atoms with Crippen LogP contribution in [0, 0.1) is 0 Å². The summed E-state index contributed by atoms with van der Waals surface area (Å²) in [5.41, 5.74) is 0. The molecule has 0 aliphatic heterocycles. The van der Waals surface area contributed by atoms with Gasteiger partial charge in [-0.2, -0.15) is 0 Å². The summed E-state index contributed by atoms with van der Waals surface area (Å²) >= 11 is 0. The number of hydrogen-bond donors (Lipinski definition) is 0. The maximum absolute atomic E-state index is 10.2. The highest BCUT2D eigenvalue weighted by molar-refractivity contribution is 5.71. The fourth-order valence-corrected chi connectivity index (χ4v) is 0.441. The van der Waals surface area contributed by atoms with Crippen LogP contribution in [-0.4, -0.2) is 30.1 Å². The van der Waals surface area contributed by atoms with E-state index in [0.717, 1.165) is 5.06 Å². The van der Waals surface area contributed by atoms with Gasteiger partial charge in [0.1, 0.15) is 0 Å². The molecule has 0 unspecified atom stereocenters. The molecule has 0 saturated carbocycles. The van der Waals surface area contributed by atoms with Crippen LogP contribution in [0.4, 0.5) is 0 Å². The van der Waals surface area contributed by atoms with Crippen LogP contribution in [0.5, 0.6) is 0 Å². The average Bonchev–Trinajstić information content (AvgIpc) is 2.33. The van der Waals surface area contributed by atoms with Gasteiger partial charge in [0.05, 0.1) is 7.11 Å². The molecule has 0 saturated heterocycles. The van der Waals surface area contributed by atoms with E-state index in [0.29, 0.717) is 0 Å². The van der Waals surface area contributed by atoms with E-state index in [-0.39, 0.29) is 5.91 Å². The van der Waals surface area contributed by atoms with E-state index in [1.165, 1.54) is 14.0 Å². The average molecular weight is 212 g/mol. The van der Waals surface area contributed by atoms with E-state index in [2.05, 4.69) is 9.82 Å². The first kappa shape index (κ1) is 16.0. The normalized spacial score (nSPS) is 7.53. The van der Waals surface area contributed by atoms with Crippen LogP contribution >= 0.6 is 0 Å². The van der Waals surface area contributed by atoms with Crippen molar-refractivity contribution in [1.82, 2.24) is 10.0 Å². The zero-order valence-corrected chi connectivity index (χ0v) is 10.1. The van der Waals surface area contributed by atoms with Gasteiger partial charge in [0.15, 0.2) is 0 Å². The fraction of sp³-hybridized carbons (Fsp3) is 0.455. The first-order valence-electron chi connectivity index (χ1n) is 4.82. The highest BCUT2D eigenvalue weighted by Gasteiger charge is 1.94. The molecule has 0 N–H and O–H groups in total. The first-order chi connectivity index (χ1) is 7.18. The van der Waals surface area contributed by atoms with Crippen molar-refractivity contribution < 1.29 is 9.63 Å². The Morgan fingerprint density at radius 3 is 1.73 bits per heavy atom. The van der Waals surface area contributed by atoms with Crippen LogP contribution in [0.3, 0.4) is 0 Å². The summed E-state index contributed by atoms with van der Waals surface area (Å²) in [7, 11) is 3.00. The second kappa shape index (κ2) is 12.6. The van der Waals surface area contributed by atoms with Crippen molar-refractivity contribution in [3.05, 3.63) is 30.6 Å². The lowest BCUT2D eigenvalue weighted by Crippen LogP contribution is -2.21. The Morgan fingerprint density at radius 1 is 1.20 bits per heavy atom. The number of carbonyl (C=O) groups excluding carboxylic acids is 1. The molecular weight excluding hydrogens is 192 g/mol. The maximum atomic E-state index is 10.2. The lowest BCUT2D eigenvalue weighted by Gasteiger charge is -2.08. The molecule has 0 aromatic carbocycles. The number of amides is 1. The smallest absolute Gasteiger partial charge is 0.242 e. The molecule has 0 bridgehead atoms. The Balaban J connectivity index is 0. The molecule has 0 atom stereocenters. The van der Waals surface area contributed by atoms with Gasteiger partial charge in [0, 0.05) is 26.4 Å². The summed E-state index contributed by atoms with van der Waals surface area (Å²) in [6, 6.07) is 5.72. The van der Waals surface area contributed by atoms with Gasteiger partial charge in [-0.3, -0.25) is 14.6 Å². The third-order valence-electron chi connectivity index (χ3n) is 1.28. The monoisotopic (exact) mass is 212 g/mol. The number of carbonyl (C=O) groups is 1. The molecule has 1 aromatic rings. The summed E-state index contributed by atoms with van der Waals surface area (Å²) < 4.78 is 0. The molecular formula is C11H20N2O2. The third-order valence-corrected chi connectivity index (χ3v) is 1.28. The van der Waals surface area contributed by atoms with Crippen molar-refractivity contribution in [2.45, 2.75) is 20.8 Å². The molecule has 0 aliphatic rings. The molecule has 1 rings (SSSR count). The van der Waals surface area contributed by atoms with Crippen LogP contribution in [-0.2, 0) is 9.63 Å². The number of nitrogens with zero attached hydrogens (tertiary/aromatic N) is 2. The van der Waals surface area contributed by atoms with Gasteiger partial charge in [-0.25, -0.2) is 5.06 Å². The molecule has 1 heterocycles. The van der Waals surface area contributed by atoms with Gasteiger partial charge in [0.2, 0.25) is 5.91 Å². The highest BCUT2D eigenvalue weighted by atomic mass is 16.7. The molecule has 4 heteroatoms. The van der Waals surface area contributed by atoms with Crippen molar-refractivity contribution in [2.24, 2.45) is 0 Å². The van der Waals surface area contributed by atoms with Crippen molar-refractivity contribution in [3.8, 4) is 0 Å². The Hall–Kier alpha value is -1.42. The Bertz CT molecular complexity index is 201. The molecule has 0 fully saturated rings. The fourth-order valence-electron chi connectivity index (χ4n) is 0.441. The molecule has 0 aliphatic carbocycles. The minimum absolute atomic E-state index is 0.0949. The van der Waals surface area contributed by atoms with Crippen LogP contribution in [0.2, 0.25) is 0 Å². The molecule has 0 radical (unpaired) electrons.